The maximum atomic E-state index is 12.4. The molecule has 2 heteroatoms. The zero-order chi connectivity index (χ0) is 14.4. The van der Waals surface area contributed by atoms with Gasteiger partial charge in [-0.05, 0) is 42.5 Å². The third-order valence-electron chi connectivity index (χ3n) is 4.38. The highest BCUT2D eigenvalue weighted by molar-refractivity contribution is 5.96. The van der Waals surface area contributed by atoms with Crippen molar-refractivity contribution in [3.05, 3.63) is 29.3 Å². The zero-order valence-corrected chi connectivity index (χ0v) is 12.9. The van der Waals surface area contributed by atoms with Crippen molar-refractivity contribution in [1.29, 1.82) is 0 Å². The highest BCUT2D eigenvalue weighted by atomic mass is 16.1. The van der Waals surface area contributed by atoms with Gasteiger partial charge in [0.15, 0.2) is 5.78 Å². The highest BCUT2D eigenvalue weighted by Gasteiger charge is 2.16. The van der Waals surface area contributed by atoms with E-state index >= 15 is 0 Å². The zero-order valence-electron chi connectivity index (χ0n) is 12.9. The molecule has 0 spiro atoms. The number of carbonyl (C=O) groups is 1. The van der Waals surface area contributed by atoms with Gasteiger partial charge in [0, 0.05) is 24.2 Å². The number of nitrogens with one attached hydrogen (secondary N) is 1. The Morgan fingerprint density at radius 1 is 1.35 bits per heavy atom. The van der Waals surface area contributed by atoms with E-state index in [0.717, 1.165) is 24.9 Å². The van der Waals surface area contributed by atoms with Crippen LogP contribution in [-0.4, -0.2) is 12.3 Å². The van der Waals surface area contributed by atoms with Crippen LogP contribution < -0.4 is 5.32 Å². The van der Waals surface area contributed by atoms with E-state index in [1.54, 1.807) is 0 Å². The lowest BCUT2D eigenvalue weighted by Gasteiger charge is -2.19. The van der Waals surface area contributed by atoms with Crippen LogP contribution in [0.25, 0.3) is 0 Å². The number of benzene rings is 1. The molecule has 0 amide bonds. The van der Waals surface area contributed by atoms with Gasteiger partial charge in [-0.3, -0.25) is 4.79 Å². The topological polar surface area (TPSA) is 29.1 Å². The predicted octanol–water partition coefficient (Wildman–Crippen LogP) is 4.83. The third-order valence-corrected chi connectivity index (χ3v) is 4.38. The van der Waals surface area contributed by atoms with Gasteiger partial charge in [-0.1, -0.05) is 39.5 Å². The van der Waals surface area contributed by atoms with E-state index < -0.39 is 0 Å². The molecule has 2 rings (SSSR count). The van der Waals surface area contributed by atoms with Crippen LogP contribution in [0.5, 0.6) is 0 Å². The molecule has 110 valence electrons. The monoisotopic (exact) mass is 273 g/mol. The van der Waals surface area contributed by atoms with Gasteiger partial charge in [0.1, 0.15) is 0 Å². The number of anilines is 1. The molecule has 1 aromatic carbocycles. The Labute approximate surface area is 123 Å². The average Bonchev–Trinajstić information content (AvgIpc) is 2.50. The molecule has 1 aliphatic heterocycles. The van der Waals surface area contributed by atoms with Crippen molar-refractivity contribution in [3.63, 3.8) is 0 Å². The molecule has 2 nitrogen and oxygen atoms in total. The van der Waals surface area contributed by atoms with Gasteiger partial charge in [0.05, 0.1) is 0 Å². The lowest BCUT2D eigenvalue weighted by atomic mass is 9.90. The van der Waals surface area contributed by atoms with Crippen LogP contribution in [0, 0.1) is 5.92 Å². The van der Waals surface area contributed by atoms with Gasteiger partial charge >= 0.3 is 0 Å². The van der Waals surface area contributed by atoms with Gasteiger partial charge < -0.3 is 5.32 Å². The number of carbonyl (C=O) groups excluding carboxylic acids is 1. The van der Waals surface area contributed by atoms with Crippen molar-refractivity contribution in [2.24, 2.45) is 5.92 Å². The first-order chi connectivity index (χ1) is 9.74. The van der Waals surface area contributed by atoms with Gasteiger partial charge in [-0.2, -0.15) is 0 Å². The summed E-state index contributed by atoms with van der Waals surface area (Å²) in [7, 11) is 0. The van der Waals surface area contributed by atoms with Gasteiger partial charge in [-0.15, -0.1) is 0 Å². The number of ketones is 1. The Hall–Kier alpha value is -1.31. The molecular formula is C18H27NO. The molecule has 0 fully saturated rings. The second-order valence-corrected chi connectivity index (χ2v) is 5.95. The van der Waals surface area contributed by atoms with E-state index in [1.807, 2.05) is 6.07 Å². The Kier molecular flexibility index (Phi) is 5.63. The summed E-state index contributed by atoms with van der Waals surface area (Å²) in [5, 5.41) is 3.40. The van der Waals surface area contributed by atoms with E-state index in [-0.39, 0.29) is 0 Å². The Bertz CT molecular complexity index is 453. The molecule has 0 aromatic heterocycles. The molecule has 1 heterocycles. The first-order valence-corrected chi connectivity index (χ1v) is 8.14. The van der Waals surface area contributed by atoms with Crippen LogP contribution >= 0.6 is 0 Å². The standard InChI is InChI=1S/C18H27NO/c1-3-5-7-14(4-2)12-18(20)16-9-10-17-15(13-16)8-6-11-19-17/h9-10,13-14,19H,3-8,11-12H2,1-2H3. The van der Waals surface area contributed by atoms with E-state index in [9.17, 15) is 4.79 Å². The van der Waals surface area contributed by atoms with Crippen LogP contribution in [0.4, 0.5) is 5.69 Å². The molecule has 1 aromatic rings. The van der Waals surface area contributed by atoms with Crippen LogP contribution in [0.15, 0.2) is 18.2 Å². The van der Waals surface area contributed by atoms with Crippen molar-refractivity contribution >= 4 is 11.5 Å². The van der Waals surface area contributed by atoms with Gasteiger partial charge in [0.25, 0.3) is 0 Å². The second-order valence-electron chi connectivity index (χ2n) is 5.95. The van der Waals surface area contributed by atoms with Gasteiger partial charge in [0.2, 0.25) is 0 Å². The molecule has 0 saturated heterocycles. The summed E-state index contributed by atoms with van der Waals surface area (Å²) in [6.07, 6.45) is 7.72. The molecule has 20 heavy (non-hydrogen) atoms. The average molecular weight is 273 g/mol. The van der Waals surface area contributed by atoms with Crippen LogP contribution in [0.2, 0.25) is 0 Å². The lowest BCUT2D eigenvalue weighted by molar-refractivity contribution is 0.0957. The summed E-state index contributed by atoms with van der Waals surface area (Å²) in [5.74, 6) is 0.873. The normalized spacial score (nSPS) is 15.3. The third kappa shape index (κ3) is 3.84. The van der Waals surface area contributed by atoms with E-state index in [0.29, 0.717) is 18.1 Å². The maximum Gasteiger partial charge on any atom is 0.163 e. The highest BCUT2D eigenvalue weighted by Crippen LogP contribution is 2.25. The Balaban J connectivity index is 2.01. The summed E-state index contributed by atoms with van der Waals surface area (Å²) in [6.45, 7) is 5.46. The number of hydrogen-bond donors (Lipinski definition) is 1. The molecule has 0 saturated carbocycles. The molecule has 0 aliphatic carbocycles. The summed E-state index contributed by atoms with van der Waals surface area (Å²) in [5.41, 5.74) is 3.43. The fourth-order valence-electron chi connectivity index (χ4n) is 2.97. The largest absolute Gasteiger partial charge is 0.385 e. The first kappa shape index (κ1) is 15.1. The van der Waals surface area contributed by atoms with Crippen molar-refractivity contribution in [2.75, 3.05) is 11.9 Å². The minimum Gasteiger partial charge on any atom is -0.385 e. The number of Topliss-reactive ketones (excluding diaryl/α,β-unsaturated/α-hetero) is 1. The first-order valence-electron chi connectivity index (χ1n) is 8.14. The second kappa shape index (κ2) is 7.47. The van der Waals surface area contributed by atoms with E-state index in [2.05, 4.69) is 31.3 Å². The predicted molar refractivity (Wildman–Crippen MR) is 85.5 cm³/mol. The number of unbranched alkanes of at least 4 members (excludes halogenated alkanes) is 1. The summed E-state index contributed by atoms with van der Waals surface area (Å²) in [4.78, 5) is 12.4. The van der Waals surface area contributed by atoms with Crippen molar-refractivity contribution in [3.8, 4) is 0 Å². The minimum atomic E-state index is 0.321. The smallest absolute Gasteiger partial charge is 0.163 e. The molecule has 0 radical (unpaired) electrons. The summed E-state index contributed by atoms with van der Waals surface area (Å²) < 4.78 is 0. The molecular weight excluding hydrogens is 246 g/mol. The molecule has 1 aliphatic rings. The molecule has 0 bridgehead atoms. The summed E-state index contributed by atoms with van der Waals surface area (Å²) >= 11 is 0. The van der Waals surface area contributed by atoms with Gasteiger partial charge in [-0.25, -0.2) is 0 Å². The summed E-state index contributed by atoms with van der Waals surface area (Å²) in [6, 6.07) is 6.18. The molecule has 1 unspecified atom stereocenters. The number of hydrogen-bond acceptors (Lipinski definition) is 2. The van der Waals surface area contributed by atoms with Crippen LogP contribution in [0.1, 0.15) is 68.3 Å². The number of aryl methyl sites for hydroxylation is 1. The number of rotatable bonds is 7. The number of fused-ring (bicyclic) bond motifs is 1. The van der Waals surface area contributed by atoms with Crippen molar-refractivity contribution in [1.82, 2.24) is 0 Å². The minimum absolute atomic E-state index is 0.321. The van der Waals surface area contributed by atoms with E-state index in [4.69, 9.17) is 0 Å². The Morgan fingerprint density at radius 3 is 2.95 bits per heavy atom. The lowest BCUT2D eigenvalue weighted by Crippen LogP contribution is -2.13. The Morgan fingerprint density at radius 2 is 2.20 bits per heavy atom. The molecule has 1 N–H and O–H groups in total. The fourth-order valence-corrected chi connectivity index (χ4v) is 2.97. The maximum absolute atomic E-state index is 12.4. The van der Waals surface area contributed by atoms with E-state index in [1.165, 1.54) is 36.9 Å². The fraction of sp³-hybridized carbons (Fsp3) is 0.611. The van der Waals surface area contributed by atoms with Crippen molar-refractivity contribution < 1.29 is 4.79 Å². The molecule has 1 atom stereocenters. The van der Waals surface area contributed by atoms with Crippen LogP contribution in [0.3, 0.4) is 0 Å². The SMILES string of the molecule is CCCCC(CC)CC(=O)c1ccc2c(c1)CCCN2. The van der Waals surface area contributed by atoms with Crippen molar-refractivity contribution in [2.45, 2.75) is 58.8 Å². The van der Waals surface area contributed by atoms with Crippen LogP contribution in [-0.2, 0) is 6.42 Å². The quantitative estimate of drug-likeness (QED) is 0.721.